The van der Waals surface area contributed by atoms with Crippen LogP contribution >= 0.6 is 0 Å². The topological polar surface area (TPSA) is 36.4 Å². The lowest BCUT2D eigenvalue weighted by Crippen LogP contribution is -2.55. The van der Waals surface area contributed by atoms with Gasteiger partial charge in [0.2, 0.25) is 5.91 Å². The van der Waals surface area contributed by atoms with E-state index in [0.29, 0.717) is 30.8 Å². The molecule has 2 aliphatic heterocycles. The number of piperidine rings is 2. The number of benzene rings is 2. The first-order chi connectivity index (χ1) is 15.7. The summed E-state index contributed by atoms with van der Waals surface area (Å²) in [5.74, 6) is 0.854. The van der Waals surface area contributed by atoms with E-state index in [4.69, 9.17) is 0 Å². The van der Waals surface area contributed by atoms with Crippen LogP contribution in [0.4, 0.5) is 0 Å². The highest BCUT2D eigenvalue weighted by Gasteiger charge is 2.39. The highest BCUT2D eigenvalue weighted by atomic mass is 16.2. The Morgan fingerprint density at radius 2 is 1.84 bits per heavy atom. The summed E-state index contributed by atoms with van der Waals surface area (Å²) in [6, 6.07) is 21.9. The molecule has 2 fully saturated rings. The van der Waals surface area contributed by atoms with E-state index in [1.54, 1.807) is 6.20 Å². The second-order valence-corrected chi connectivity index (χ2v) is 9.29. The van der Waals surface area contributed by atoms with Gasteiger partial charge in [-0.1, -0.05) is 48.5 Å². The second kappa shape index (κ2) is 9.25. The minimum atomic E-state index is 0.300. The standard InChI is InChI=1S/C28H31N3O/c1-21-6-2-3-10-26(21)24-9-4-7-22(16-24)18-30-15-13-27-25(20-30)11-12-28(32)31(27)19-23-8-5-14-29-17-23/h2-10,14,16-17,25,27H,11-13,15,18-20H2,1H3/t25-,27+/m0/s1. The molecule has 32 heavy (non-hydrogen) atoms. The number of fused-ring (bicyclic) bond motifs is 1. The molecular weight excluding hydrogens is 394 g/mol. The van der Waals surface area contributed by atoms with E-state index >= 15 is 0 Å². The van der Waals surface area contributed by atoms with Crippen molar-refractivity contribution in [3.63, 3.8) is 0 Å². The van der Waals surface area contributed by atoms with Crippen molar-refractivity contribution in [3.8, 4) is 11.1 Å². The molecule has 0 saturated carbocycles. The lowest BCUT2D eigenvalue weighted by Gasteiger charge is -2.47. The Balaban J connectivity index is 1.26. The van der Waals surface area contributed by atoms with E-state index in [1.807, 2.05) is 12.3 Å². The maximum atomic E-state index is 12.7. The monoisotopic (exact) mass is 425 g/mol. The van der Waals surface area contributed by atoms with E-state index in [1.165, 1.54) is 22.3 Å². The summed E-state index contributed by atoms with van der Waals surface area (Å²) in [5.41, 5.74) is 6.40. The van der Waals surface area contributed by atoms with Crippen molar-refractivity contribution < 1.29 is 4.79 Å². The smallest absolute Gasteiger partial charge is 0.223 e. The van der Waals surface area contributed by atoms with E-state index in [2.05, 4.69) is 76.3 Å². The van der Waals surface area contributed by atoms with Gasteiger partial charge in [0.15, 0.2) is 0 Å². The average molecular weight is 426 g/mol. The summed E-state index contributed by atoms with van der Waals surface area (Å²) in [6.45, 7) is 5.93. The van der Waals surface area contributed by atoms with Gasteiger partial charge in [-0.05, 0) is 65.6 Å². The van der Waals surface area contributed by atoms with E-state index in [-0.39, 0.29) is 0 Å². The van der Waals surface area contributed by atoms with Crippen LogP contribution in [-0.2, 0) is 17.9 Å². The van der Waals surface area contributed by atoms with Crippen molar-refractivity contribution >= 4 is 5.91 Å². The minimum Gasteiger partial charge on any atom is -0.335 e. The van der Waals surface area contributed by atoms with Crippen molar-refractivity contribution in [2.45, 2.75) is 45.3 Å². The van der Waals surface area contributed by atoms with Crippen LogP contribution < -0.4 is 0 Å². The first kappa shape index (κ1) is 20.9. The Kier molecular flexibility index (Phi) is 6.04. The number of likely N-dealkylation sites (tertiary alicyclic amines) is 2. The lowest BCUT2D eigenvalue weighted by atomic mass is 9.83. The molecule has 3 heterocycles. The van der Waals surface area contributed by atoms with Gasteiger partial charge in [0.25, 0.3) is 0 Å². The minimum absolute atomic E-state index is 0.300. The largest absolute Gasteiger partial charge is 0.335 e. The van der Waals surface area contributed by atoms with Gasteiger partial charge in [-0.2, -0.15) is 0 Å². The summed E-state index contributed by atoms with van der Waals surface area (Å²) in [7, 11) is 0. The number of carbonyl (C=O) groups excluding carboxylic acids is 1. The quantitative estimate of drug-likeness (QED) is 0.573. The Labute approximate surface area is 190 Å². The third-order valence-electron chi connectivity index (χ3n) is 7.09. The summed E-state index contributed by atoms with van der Waals surface area (Å²) >= 11 is 0. The zero-order chi connectivity index (χ0) is 21.9. The molecule has 1 amide bonds. The molecule has 0 unspecified atom stereocenters. The van der Waals surface area contributed by atoms with Gasteiger partial charge in [0.1, 0.15) is 0 Å². The summed E-state index contributed by atoms with van der Waals surface area (Å²) in [4.78, 5) is 21.6. The molecule has 2 saturated heterocycles. The molecule has 2 aliphatic rings. The fraction of sp³-hybridized carbons (Fsp3) is 0.357. The van der Waals surface area contributed by atoms with Crippen LogP contribution in [-0.4, -0.2) is 39.8 Å². The van der Waals surface area contributed by atoms with Crippen LogP contribution in [0.5, 0.6) is 0 Å². The number of aryl methyl sites for hydroxylation is 1. The average Bonchev–Trinajstić information content (AvgIpc) is 2.82. The van der Waals surface area contributed by atoms with Crippen molar-refractivity contribution in [2.75, 3.05) is 13.1 Å². The predicted molar refractivity (Wildman–Crippen MR) is 128 cm³/mol. The first-order valence-corrected chi connectivity index (χ1v) is 11.7. The number of aromatic nitrogens is 1. The molecule has 3 aromatic rings. The molecule has 4 nitrogen and oxygen atoms in total. The highest BCUT2D eigenvalue weighted by Crippen LogP contribution is 2.33. The summed E-state index contributed by atoms with van der Waals surface area (Å²) < 4.78 is 0. The van der Waals surface area contributed by atoms with Gasteiger partial charge < -0.3 is 4.90 Å². The van der Waals surface area contributed by atoms with Crippen LogP contribution in [0.1, 0.15) is 36.0 Å². The van der Waals surface area contributed by atoms with Crippen LogP contribution in [0.25, 0.3) is 11.1 Å². The molecular formula is C28H31N3O. The number of hydrogen-bond acceptors (Lipinski definition) is 3. The van der Waals surface area contributed by atoms with Gasteiger partial charge >= 0.3 is 0 Å². The molecule has 0 N–H and O–H groups in total. The lowest BCUT2D eigenvalue weighted by molar-refractivity contribution is -0.142. The number of rotatable bonds is 5. The van der Waals surface area contributed by atoms with Gasteiger partial charge in [-0.25, -0.2) is 0 Å². The van der Waals surface area contributed by atoms with Gasteiger partial charge in [0.05, 0.1) is 0 Å². The summed E-state index contributed by atoms with van der Waals surface area (Å²) in [5, 5.41) is 0. The third-order valence-corrected chi connectivity index (χ3v) is 7.09. The second-order valence-electron chi connectivity index (χ2n) is 9.29. The molecule has 0 aliphatic carbocycles. The zero-order valence-electron chi connectivity index (χ0n) is 18.8. The molecule has 0 bridgehead atoms. The Morgan fingerprint density at radius 3 is 2.69 bits per heavy atom. The normalized spacial score (nSPS) is 21.4. The van der Waals surface area contributed by atoms with Gasteiger partial charge in [-0.15, -0.1) is 0 Å². The highest BCUT2D eigenvalue weighted by molar-refractivity contribution is 5.77. The fourth-order valence-electron chi connectivity index (χ4n) is 5.46. The first-order valence-electron chi connectivity index (χ1n) is 11.7. The van der Waals surface area contributed by atoms with E-state index < -0.39 is 0 Å². The Bertz CT molecular complexity index is 1080. The van der Waals surface area contributed by atoms with Crippen molar-refractivity contribution in [1.82, 2.24) is 14.8 Å². The van der Waals surface area contributed by atoms with Crippen molar-refractivity contribution in [3.05, 3.63) is 89.7 Å². The molecule has 1 aromatic heterocycles. The van der Waals surface area contributed by atoms with E-state index in [0.717, 1.165) is 38.0 Å². The van der Waals surface area contributed by atoms with Gasteiger partial charge in [-0.3, -0.25) is 14.7 Å². The number of carbonyl (C=O) groups is 1. The summed E-state index contributed by atoms with van der Waals surface area (Å²) in [6.07, 6.45) is 6.39. The Hall–Kier alpha value is -2.98. The Morgan fingerprint density at radius 1 is 0.969 bits per heavy atom. The molecule has 2 aromatic carbocycles. The molecule has 5 rings (SSSR count). The maximum Gasteiger partial charge on any atom is 0.223 e. The number of pyridine rings is 1. The van der Waals surface area contributed by atoms with Crippen molar-refractivity contribution in [2.24, 2.45) is 5.92 Å². The van der Waals surface area contributed by atoms with Crippen LogP contribution in [0.3, 0.4) is 0 Å². The number of hydrogen-bond donors (Lipinski definition) is 0. The molecule has 0 spiro atoms. The third kappa shape index (κ3) is 4.46. The molecule has 0 radical (unpaired) electrons. The van der Waals surface area contributed by atoms with Crippen molar-refractivity contribution in [1.29, 1.82) is 0 Å². The molecule has 2 atom stereocenters. The molecule has 4 heteroatoms. The van der Waals surface area contributed by atoms with Crippen LogP contribution in [0, 0.1) is 12.8 Å². The van der Waals surface area contributed by atoms with E-state index in [9.17, 15) is 4.79 Å². The predicted octanol–water partition coefficient (Wildman–Crippen LogP) is 5.07. The number of amides is 1. The van der Waals surface area contributed by atoms with Crippen LogP contribution in [0.2, 0.25) is 0 Å². The number of nitrogens with zero attached hydrogens (tertiary/aromatic N) is 3. The molecule has 164 valence electrons. The van der Waals surface area contributed by atoms with Gasteiger partial charge in [0, 0.05) is 51.0 Å². The SMILES string of the molecule is Cc1ccccc1-c1cccc(CN2CC[C@@H]3[C@@H](CCC(=O)N3Cc3cccnc3)C2)c1. The fourth-order valence-corrected chi connectivity index (χ4v) is 5.46. The maximum absolute atomic E-state index is 12.7. The zero-order valence-corrected chi connectivity index (χ0v) is 18.8. The van der Waals surface area contributed by atoms with Crippen LogP contribution in [0.15, 0.2) is 73.1 Å².